The van der Waals surface area contributed by atoms with Gasteiger partial charge in [0.2, 0.25) is 5.91 Å². The van der Waals surface area contributed by atoms with E-state index < -0.39 is 17.3 Å². The Hall–Kier alpha value is -3.13. The van der Waals surface area contributed by atoms with Crippen molar-refractivity contribution in [3.05, 3.63) is 95.6 Å². The molecule has 0 aliphatic rings. The van der Waals surface area contributed by atoms with E-state index in [1.54, 1.807) is 31.2 Å². The van der Waals surface area contributed by atoms with Gasteiger partial charge in [-0.2, -0.15) is 0 Å². The second kappa shape index (κ2) is 12.2. The maximum Gasteiger partial charge on any atom is 0.338 e. The predicted octanol–water partition coefficient (Wildman–Crippen LogP) is 4.60. The predicted molar refractivity (Wildman–Crippen MR) is 130 cm³/mol. The van der Waals surface area contributed by atoms with E-state index in [0.717, 1.165) is 11.1 Å². The number of hydrogen-bond donors (Lipinski definition) is 2. The molecule has 0 aromatic heterocycles. The van der Waals surface area contributed by atoms with Gasteiger partial charge in [0.1, 0.15) is 0 Å². The van der Waals surface area contributed by atoms with Crippen molar-refractivity contribution >= 4 is 28.9 Å². The number of amides is 1. The summed E-state index contributed by atoms with van der Waals surface area (Å²) in [7, 11) is 0. The second-order valence-corrected chi connectivity index (χ2v) is 8.89. The SMILES string of the molecule is CCOC(=O)c1ccc(NC(=O)CC(CN[S+]([O-])c2ccc(C)cc2)c2ccccc2)cc1. The molecule has 0 heterocycles. The van der Waals surface area contributed by atoms with Crippen LogP contribution in [0.3, 0.4) is 0 Å². The van der Waals surface area contributed by atoms with Crippen molar-refractivity contribution in [1.82, 2.24) is 4.72 Å². The third-order valence-electron chi connectivity index (χ3n) is 5.08. The molecule has 2 unspecified atom stereocenters. The van der Waals surface area contributed by atoms with Crippen LogP contribution in [0.4, 0.5) is 5.69 Å². The summed E-state index contributed by atoms with van der Waals surface area (Å²) >= 11 is -1.37. The highest BCUT2D eigenvalue weighted by molar-refractivity contribution is 7.89. The zero-order valence-corrected chi connectivity index (χ0v) is 19.6. The molecule has 0 radical (unpaired) electrons. The van der Waals surface area contributed by atoms with Gasteiger partial charge in [0, 0.05) is 24.6 Å². The van der Waals surface area contributed by atoms with Crippen molar-refractivity contribution in [3.8, 4) is 0 Å². The average Bonchev–Trinajstić information content (AvgIpc) is 2.83. The normalized spacial score (nSPS) is 12.6. The summed E-state index contributed by atoms with van der Waals surface area (Å²) in [5.41, 5.74) is 3.11. The number of hydrogen-bond acceptors (Lipinski definition) is 5. The second-order valence-electron chi connectivity index (χ2n) is 7.59. The highest BCUT2D eigenvalue weighted by atomic mass is 32.2. The van der Waals surface area contributed by atoms with Crippen molar-refractivity contribution in [1.29, 1.82) is 0 Å². The fraction of sp³-hybridized carbons (Fsp3) is 0.231. The van der Waals surface area contributed by atoms with Crippen molar-refractivity contribution in [3.63, 3.8) is 0 Å². The molecule has 172 valence electrons. The zero-order chi connectivity index (χ0) is 23.6. The summed E-state index contributed by atoms with van der Waals surface area (Å²) < 4.78 is 20.7. The number of nitrogens with one attached hydrogen (secondary N) is 2. The van der Waals surface area contributed by atoms with E-state index in [4.69, 9.17) is 4.74 Å². The van der Waals surface area contributed by atoms with Crippen LogP contribution in [0.1, 0.15) is 40.7 Å². The maximum absolute atomic E-state index is 12.8. The number of rotatable bonds is 10. The van der Waals surface area contributed by atoms with E-state index >= 15 is 0 Å². The maximum atomic E-state index is 12.8. The van der Waals surface area contributed by atoms with E-state index in [2.05, 4.69) is 10.0 Å². The Kier molecular flexibility index (Phi) is 9.06. The highest BCUT2D eigenvalue weighted by Gasteiger charge is 2.20. The third-order valence-corrected chi connectivity index (χ3v) is 6.21. The largest absolute Gasteiger partial charge is 0.593 e. The van der Waals surface area contributed by atoms with Crippen molar-refractivity contribution in [2.45, 2.75) is 31.1 Å². The Morgan fingerprint density at radius 3 is 2.27 bits per heavy atom. The minimum Gasteiger partial charge on any atom is -0.593 e. The number of anilines is 1. The first-order chi connectivity index (χ1) is 16.0. The summed E-state index contributed by atoms with van der Waals surface area (Å²) in [6.07, 6.45) is 0.210. The molecule has 0 spiro atoms. The summed E-state index contributed by atoms with van der Waals surface area (Å²) in [6.45, 7) is 4.41. The highest BCUT2D eigenvalue weighted by Crippen LogP contribution is 2.21. The van der Waals surface area contributed by atoms with Gasteiger partial charge in [0.25, 0.3) is 0 Å². The van der Waals surface area contributed by atoms with Gasteiger partial charge >= 0.3 is 5.97 Å². The van der Waals surface area contributed by atoms with E-state index in [-0.39, 0.29) is 18.2 Å². The van der Waals surface area contributed by atoms with Crippen LogP contribution in [-0.4, -0.2) is 29.6 Å². The Labute approximate surface area is 197 Å². The Morgan fingerprint density at radius 2 is 1.64 bits per heavy atom. The lowest BCUT2D eigenvalue weighted by atomic mass is 9.95. The van der Waals surface area contributed by atoms with Gasteiger partial charge in [-0.1, -0.05) is 48.0 Å². The van der Waals surface area contributed by atoms with Crippen LogP contribution in [0.2, 0.25) is 0 Å². The summed E-state index contributed by atoms with van der Waals surface area (Å²) in [5, 5.41) is 2.87. The number of benzene rings is 3. The van der Waals surface area contributed by atoms with Crippen LogP contribution in [0.25, 0.3) is 0 Å². The van der Waals surface area contributed by atoms with Gasteiger partial charge in [-0.25, -0.2) is 4.79 Å². The number of ether oxygens (including phenoxy) is 1. The molecule has 0 saturated carbocycles. The number of carbonyl (C=O) groups is 2. The van der Waals surface area contributed by atoms with Crippen molar-refractivity contribution in [2.75, 3.05) is 18.5 Å². The van der Waals surface area contributed by atoms with Crippen LogP contribution < -0.4 is 10.0 Å². The standard InChI is InChI=1S/C26H28N2O4S/c1-3-32-26(30)21-11-13-23(14-12-21)28-25(29)17-22(20-7-5-4-6-8-20)18-27-33(31)24-15-9-19(2)10-16-24/h4-16,22,27H,3,17-18H2,1-2H3,(H,28,29). The monoisotopic (exact) mass is 464 g/mol. The van der Waals surface area contributed by atoms with Gasteiger partial charge < -0.3 is 14.6 Å². The van der Waals surface area contributed by atoms with E-state index in [1.165, 1.54) is 0 Å². The fourth-order valence-electron chi connectivity index (χ4n) is 3.29. The first kappa shape index (κ1) is 24.5. The smallest absolute Gasteiger partial charge is 0.338 e. The van der Waals surface area contributed by atoms with Gasteiger partial charge in [-0.15, -0.1) is 4.72 Å². The van der Waals surface area contributed by atoms with Crippen molar-refractivity contribution in [2.24, 2.45) is 0 Å². The lowest BCUT2D eigenvalue weighted by Gasteiger charge is -2.19. The molecule has 6 nitrogen and oxygen atoms in total. The Morgan fingerprint density at radius 1 is 0.970 bits per heavy atom. The average molecular weight is 465 g/mol. The molecule has 0 bridgehead atoms. The topological polar surface area (TPSA) is 90.5 Å². The molecular formula is C26H28N2O4S. The number of esters is 1. The van der Waals surface area contributed by atoms with Crippen LogP contribution in [0.5, 0.6) is 0 Å². The Balaban J connectivity index is 1.63. The minimum absolute atomic E-state index is 0.167. The molecule has 33 heavy (non-hydrogen) atoms. The lowest BCUT2D eigenvalue weighted by Crippen LogP contribution is -2.30. The molecule has 0 saturated heterocycles. The van der Waals surface area contributed by atoms with Gasteiger partial charge in [-0.05, 0) is 55.8 Å². The van der Waals surface area contributed by atoms with Crippen LogP contribution in [0.15, 0.2) is 83.8 Å². The number of aryl methyl sites for hydroxylation is 1. The van der Waals surface area contributed by atoms with Gasteiger partial charge in [0.05, 0.1) is 23.5 Å². The molecule has 3 rings (SSSR count). The molecule has 2 atom stereocenters. The van der Waals surface area contributed by atoms with Crippen molar-refractivity contribution < 1.29 is 18.9 Å². The molecule has 7 heteroatoms. The zero-order valence-electron chi connectivity index (χ0n) is 18.7. The first-order valence-electron chi connectivity index (χ1n) is 10.8. The molecule has 3 aromatic rings. The molecule has 0 aliphatic carbocycles. The third kappa shape index (κ3) is 7.46. The number of carbonyl (C=O) groups excluding carboxylic acids is 2. The molecule has 3 aromatic carbocycles. The van der Waals surface area contributed by atoms with E-state index in [1.807, 2.05) is 61.5 Å². The van der Waals surface area contributed by atoms with Gasteiger partial charge in [-0.3, -0.25) is 4.79 Å². The lowest BCUT2D eigenvalue weighted by molar-refractivity contribution is -0.116. The molecule has 0 fully saturated rings. The summed E-state index contributed by atoms with van der Waals surface area (Å²) in [5.74, 6) is -0.734. The van der Waals surface area contributed by atoms with Crippen LogP contribution >= 0.6 is 0 Å². The molecule has 0 aliphatic heterocycles. The van der Waals surface area contributed by atoms with Crippen LogP contribution in [0, 0.1) is 6.92 Å². The molecule has 1 amide bonds. The summed E-state index contributed by atoms with van der Waals surface area (Å²) in [6, 6.07) is 23.8. The van der Waals surface area contributed by atoms with Crippen LogP contribution in [-0.2, 0) is 20.9 Å². The fourth-order valence-corrected chi connectivity index (χ4v) is 4.20. The van der Waals surface area contributed by atoms with E-state index in [9.17, 15) is 14.1 Å². The Bertz CT molecular complexity index is 1040. The quantitative estimate of drug-likeness (QED) is 0.338. The van der Waals surface area contributed by atoms with Gasteiger partial charge in [0.15, 0.2) is 4.90 Å². The minimum atomic E-state index is -1.37. The molecule has 2 N–H and O–H groups in total. The van der Waals surface area contributed by atoms with E-state index in [0.29, 0.717) is 29.3 Å². The summed E-state index contributed by atoms with van der Waals surface area (Å²) in [4.78, 5) is 25.2. The molecular weight excluding hydrogens is 436 g/mol. The first-order valence-corrected chi connectivity index (χ1v) is 11.9.